The standard InChI is InChI=1S/C56H35N3O2.C2H6/c60-55-44-28-17-32-50(58-49-31-15-12-26-42(49)43-27-16-33-51(54(43)58)57-47-29-13-10-24-40(47)41-25-11-14-30-48(41)57)52(44)56(61)59(55)53-45(37-20-6-2-7-21-37)34-39(36-18-4-1-5-19-36)35-46(53)38-22-8-3-9-23-38;1-2/h1-35H;1-2H3. The molecule has 0 radical (unpaired) electrons. The lowest BCUT2D eigenvalue weighted by Gasteiger charge is -2.24. The van der Waals surface area contributed by atoms with Crippen LogP contribution in [0.2, 0.25) is 0 Å². The second-order valence-electron chi connectivity index (χ2n) is 15.6. The Morgan fingerprint density at radius 1 is 0.333 bits per heavy atom. The summed E-state index contributed by atoms with van der Waals surface area (Å²) in [6.07, 6.45) is 0. The number of aromatic nitrogens is 2. The van der Waals surface area contributed by atoms with Crippen LogP contribution in [0.4, 0.5) is 5.69 Å². The van der Waals surface area contributed by atoms with Gasteiger partial charge in [0.2, 0.25) is 0 Å². The van der Waals surface area contributed by atoms with Crippen molar-refractivity contribution in [2.24, 2.45) is 0 Å². The number of nitrogens with zero attached hydrogens (tertiary/aromatic N) is 3. The van der Waals surface area contributed by atoms with Gasteiger partial charge >= 0.3 is 0 Å². The molecule has 0 atom stereocenters. The molecule has 0 aliphatic carbocycles. The first-order chi connectivity index (χ1) is 31.2. The van der Waals surface area contributed by atoms with Gasteiger partial charge in [-0.05, 0) is 70.8 Å². The fourth-order valence-corrected chi connectivity index (χ4v) is 9.62. The number of hydrogen-bond acceptors (Lipinski definition) is 2. The van der Waals surface area contributed by atoms with E-state index in [0.717, 1.165) is 82.7 Å². The van der Waals surface area contributed by atoms with Crippen molar-refractivity contribution in [2.45, 2.75) is 13.8 Å². The van der Waals surface area contributed by atoms with Crippen molar-refractivity contribution in [3.63, 3.8) is 0 Å². The highest BCUT2D eigenvalue weighted by Gasteiger charge is 2.42. The molecule has 0 fully saturated rings. The molecule has 2 aromatic heterocycles. The molecular weight excluding hydrogens is 771 g/mol. The maximum Gasteiger partial charge on any atom is 0.268 e. The number of hydrogen-bond donors (Lipinski definition) is 0. The summed E-state index contributed by atoms with van der Waals surface area (Å²) in [4.78, 5) is 32.3. The van der Waals surface area contributed by atoms with Crippen molar-refractivity contribution in [3.8, 4) is 44.8 Å². The molecule has 0 bridgehead atoms. The number of amides is 2. The largest absolute Gasteiger partial charge is 0.307 e. The van der Waals surface area contributed by atoms with Gasteiger partial charge in [0.15, 0.2) is 0 Å². The molecule has 0 saturated heterocycles. The van der Waals surface area contributed by atoms with Gasteiger partial charge in [-0.15, -0.1) is 0 Å². The Kier molecular flexibility index (Phi) is 9.17. The van der Waals surface area contributed by atoms with Crippen LogP contribution in [0.5, 0.6) is 0 Å². The van der Waals surface area contributed by atoms with E-state index in [1.807, 2.05) is 111 Å². The van der Waals surface area contributed by atoms with Crippen LogP contribution >= 0.6 is 0 Å². The molecule has 300 valence electrons. The summed E-state index contributed by atoms with van der Waals surface area (Å²) < 4.78 is 4.53. The fourth-order valence-electron chi connectivity index (χ4n) is 9.62. The Hall–Kier alpha value is -8.28. The van der Waals surface area contributed by atoms with Crippen molar-refractivity contribution in [3.05, 3.63) is 223 Å². The smallest absolute Gasteiger partial charge is 0.268 e. The first-order valence-electron chi connectivity index (χ1n) is 21.5. The van der Waals surface area contributed by atoms with Crippen LogP contribution in [0.15, 0.2) is 212 Å². The lowest BCUT2D eigenvalue weighted by molar-refractivity contribution is 0.0926. The molecular formula is C58H41N3O2. The van der Waals surface area contributed by atoms with Gasteiger partial charge in [0, 0.05) is 32.7 Å². The number of imide groups is 1. The van der Waals surface area contributed by atoms with Crippen LogP contribution in [-0.2, 0) is 0 Å². The van der Waals surface area contributed by atoms with Crippen LogP contribution in [-0.4, -0.2) is 20.9 Å². The average molecular weight is 812 g/mol. The number of benzene rings is 9. The molecule has 0 N–H and O–H groups in total. The maximum absolute atomic E-state index is 15.7. The van der Waals surface area contributed by atoms with Gasteiger partial charge in [-0.25, -0.2) is 4.90 Å². The van der Waals surface area contributed by atoms with E-state index < -0.39 is 0 Å². The molecule has 1 aliphatic heterocycles. The van der Waals surface area contributed by atoms with Crippen LogP contribution in [0, 0.1) is 0 Å². The number of carbonyl (C=O) groups is 2. The Morgan fingerprint density at radius 3 is 1.32 bits per heavy atom. The highest BCUT2D eigenvalue weighted by atomic mass is 16.2. The Morgan fingerprint density at radius 2 is 0.762 bits per heavy atom. The van der Waals surface area contributed by atoms with Gasteiger partial charge in [-0.2, -0.15) is 0 Å². The lowest BCUT2D eigenvalue weighted by Crippen LogP contribution is -2.30. The molecule has 0 unspecified atom stereocenters. The third-order valence-electron chi connectivity index (χ3n) is 12.2. The highest BCUT2D eigenvalue weighted by molar-refractivity contribution is 6.37. The molecule has 5 heteroatoms. The van der Waals surface area contributed by atoms with Crippen molar-refractivity contribution < 1.29 is 9.59 Å². The van der Waals surface area contributed by atoms with Crippen molar-refractivity contribution in [1.82, 2.24) is 9.13 Å². The molecule has 12 rings (SSSR count). The minimum absolute atomic E-state index is 0.355. The minimum atomic E-state index is -0.363. The predicted molar refractivity (Wildman–Crippen MR) is 260 cm³/mol. The van der Waals surface area contributed by atoms with E-state index in [9.17, 15) is 0 Å². The third kappa shape index (κ3) is 5.85. The predicted octanol–water partition coefficient (Wildman–Crippen LogP) is 14.7. The highest BCUT2D eigenvalue weighted by Crippen LogP contribution is 2.47. The van der Waals surface area contributed by atoms with E-state index in [-0.39, 0.29) is 11.8 Å². The summed E-state index contributed by atoms with van der Waals surface area (Å²) >= 11 is 0. The SMILES string of the molecule is CC.O=C1c2cccc(-n3c4ccccc4c4cccc(-n5c6ccccc6c6ccccc65)c43)c2C(=O)N1c1c(-c2ccccc2)cc(-c2ccccc2)cc1-c1ccccc1. The van der Waals surface area contributed by atoms with Gasteiger partial charge in [-0.3, -0.25) is 9.59 Å². The van der Waals surface area contributed by atoms with Crippen LogP contribution in [0.1, 0.15) is 34.6 Å². The quantitative estimate of drug-likeness (QED) is 0.157. The summed E-state index contributed by atoms with van der Waals surface area (Å²) in [6.45, 7) is 4.00. The Balaban J connectivity index is 0.00000219. The molecule has 3 heterocycles. The molecule has 11 aromatic rings. The van der Waals surface area contributed by atoms with Gasteiger partial charge in [-0.1, -0.05) is 178 Å². The molecule has 0 saturated carbocycles. The molecule has 0 spiro atoms. The first-order valence-corrected chi connectivity index (χ1v) is 21.5. The second-order valence-corrected chi connectivity index (χ2v) is 15.6. The molecule has 63 heavy (non-hydrogen) atoms. The number of anilines is 1. The maximum atomic E-state index is 15.7. The minimum Gasteiger partial charge on any atom is -0.307 e. The molecule has 1 aliphatic rings. The zero-order chi connectivity index (χ0) is 42.6. The van der Waals surface area contributed by atoms with E-state index in [1.54, 1.807) is 6.07 Å². The number of para-hydroxylation sites is 4. The van der Waals surface area contributed by atoms with E-state index in [1.165, 1.54) is 4.90 Å². The van der Waals surface area contributed by atoms with Gasteiger partial charge < -0.3 is 9.13 Å². The lowest BCUT2D eigenvalue weighted by atomic mass is 9.90. The van der Waals surface area contributed by atoms with Crippen LogP contribution < -0.4 is 4.90 Å². The first kappa shape index (κ1) is 37.7. The van der Waals surface area contributed by atoms with Crippen molar-refractivity contribution in [2.75, 3.05) is 4.90 Å². The topological polar surface area (TPSA) is 47.2 Å². The second kappa shape index (κ2) is 15.3. The van der Waals surface area contributed by atoms with E-state index in [0.29, 0.717) is 22.5 Å². The summed E-state index contributed by atoms with van der Waals surface area (Å²) in [7, 11) is 0. The van der Waals surface area contributed by atoms with Crippen LogP contribution in [0.3, 0.4) is 0 Å². The van der Waals surface area contributed by atoms with Gasteiger partial charge in [0.1, 0.15) is 0 Å². The summed E-state index contributed by atoms with van der Waals surface area (Å²) in [6, 6.07) is 72.0. The normalized spacial score (nSPS) is 12.3. The Labute approximate surface area is 365 Å². The van der Waals surface area contributed by atoms with Crippen LogP contribution in [0.25, 0.3) is 88.4 Å². The van der Waals surface area contributed by atoms with Gasteiger partial charge in [0.05, 0.1) is 50.3 Å². The Bertz CT molecular complexity index is 3450. The van der Waals surface area contributed by atoms with Crippen molar-refractivity contribution in [1.29, 1.82) is 0 Å². The zero-order valence-electron chi connectivity index (χ0n) is 34.9. The number of rotatable bonds is 6. The molecule has 9 aromatic carbocycles. The summed E-state index contributed by atoms with van der Waals surface area (Å²) in [5.41, 5.74) is 12.4. The molecule has 5 nitrogen and oxygen atoms in total. The van der Waals surface area contributed by atoms with Crippen molar-refractivity contribution >= 4 is 61.1 Å². The third-order valence-corrected chi connectivity index (χ3v) is 12.2. The van der Waals surface area contributed by atoms with Gasteiger partial charge in [0.25, 0.3) is 11.8 Å². The summed E-state index contributed by atoms with van der Waals surface area (Å²) in [5, 5.41) is 4.43. The monoisotopic (exact) mass is 811 g/mol. The fraction of sp³-hybridized carbons (Fsp3) is 0.0345. The summed E-state index contributed by atoms with van der Waals surface area (Å²) in [5.74, 6) is -0.718. The average Bonchev–Trinajstić information content (AvgIpc) is 3.97. The number of carbonyl (C=O) groups excluding carboxylic acids is 2. The van der Waals surface area contributed by atoms with E-state index in [4.69, 9.17) is 0 Å². The van der Waals surface area contributed by atoms with E-state index >= 15 is 9.59 Å². The van der Waals surface area contributed by atoms with E-state index in [2.05, 4.69) is 118 Å². The number of fused-ring (bicyclic) bond motifs is 7. The molecule has 2 amide bonds. The zero-order valence-corrected chi connectivity index (χ0v) is 34.9.